The summed E-state index contributed by atoms with van der Waals surface area (Å²) in [5, 5.41) is 8.53. The number of benzene rings is 1. The molecule has 2 aliphatic rings. The molecular formula is C23H22F2N8O. The number of morpholine rings is 1. The fraction of sp³-hybridized carbons (Fsp3) is 0.391. The van der Waals surface area contributed by atoms with Crippen molar-refractivity contribution in [3.8, 4) is 11.3 Å². The summed E-state index contributed by atoms with van der Waals surface area (Å²) in [5.74, 6) is -0.998. The number of nitrogens with zero attached hydrogens (tertiary/aromatic N) is 8. The van der Waals surface area contributed by atoms with E-state index in [4.69, 9.17) is 4.74 Å². The molecule has 0 N–H and O–H groups in total. The van der Waals surface area contributed by atoms with Gasteiger partial charge in [0.05, 0.1) is 36.8 Å². The molecule has 0 spiro atoms. The van der Waals surface area contributed by atoms with Crippen LogP contribution in [-0.4, -0.2) is 54.6 Å². The maximum atomic E-state index is 14.8. The van der Waals surface area contributed by atoms with E-state index >= 15 is 0 Å². The van der Waals surface area contributed by atoms with Crippen LogP contribution >= 0.6 is 0 Å². The largest absolute Gasteiger partial charge is 0.368 e. The molecule has 6 rings (SSSR count). The van der Waals surface area contributed by atoms with Gasteiger partial charge in [-0.05, 0) is 38.8 Å². The molecule has 2 fully saturated rings. The maximum Gasteiger partial charge on any atom is 0.228 e. The van der Waals surface area contributed by atoms with E-state index < -0.39 is 11.6 Å². The topological polar surface area (TPSA) is 94.7 Å². The summed E-state index contributed by atoms with van der Waals surface area (Å²) in [4.78, 5) is 20.5. The van der Waals surface area contributed by atoms with Gasteiger partial charge in [0.2, 0.25) is 5.95 Å². The molecular weight excluding hydrogens is 442 g/mol. The number of ether oxygens (including phenoxy) is 1. The summed E-state index contributed by atoms with van der Waals surface area (Å²) >= 11 is 0. The van der Waals surface area contributed by atoms with E-state index in [2.05, 4.69) is 30.2 Å². The Balaban J connectivity index is 1.41. The number of anilines is 1. The molecule has 1 aliphatic carbocycles. The molecule has 1 saturated carbocycles. The smallest absolute Gasteiger partial charge is 0.228 e. The highest BCUT2D eigenvalue weighted by atomic mass is 19.1. The highest BCUT2D eigenvalue weighted by Gasteiger charge is 2.30. The first-order chi connectivity index (χ1) is 16.5. The Bertz CT molecular complexity index is 1400. The third kappa shape index (κ3) is 3.75. The second-order valence-corrected chi connectivity index (χ2v) is 8.72. The molecule has 1 aromatic carbocycles. The Morgan fingerprint density at radius 3 is 2.65 bits per heavy atom. The van der Waals surface area contributed by atoms with Crippen molar-refractivity contribution in [1.29, 1.82) is 0 Å². The van der Waals surface area contributed by atoms with E-state index in [1.165, 1.54) is 12.1 Å². The van der Waals surface area contributed by atoms with Crippen LogP contribution in [0.15, 0.2) is 24.4 Å². The van der Waals surface area contributed by atoms with E-state index in [1.54, 1.807) is 0 Å². The summed E-state index contributed by atoms with van der Waals surface area (Å²) in [6, 6.07) is 3.84. The number of fused-ring (bicyclic) bond motifs is 1. The first-order valence-corrected chi connectivity index (χ1v) is 11.2. The molecule has 0 radical (unpaired) electrons. The van der Waals surface area contributed by atoms with Crippen LogP contribution in [0.25, 0.3) is 22.4 Å². The lowest BCUT2D eigenvalue weighted by Gasteiger charge is -2.32. The number of aryl methyl sites for hydroxylation is 2. The summed E-state index contributed by atoms with van der Waals surface area (Å²) in [6.45, 7) is 5.11. The second-order valence-electron chi connectivity index (χ2n) is 8.72. The minimum atomic E-state index is -0.720. The van der Waals surface area contributed by atoms with Gasteiger partial charge in [-0.2, -0.15) is 4.98 Å². The molecule has 0 unspecified atom stereocenters. The van der Waals surface area contributed by atoms with Crippen LogP contribution in [0.2, 0.25) is 0 Å². The van der Waals surface area contributed by atoms with Crippen molar-refractivity contribution >= 4 is 17.1 Å². The zero-order chi connectivity index (χ0) is 23.4. The van der Waals surface area contributed by atoms with Gasteiger partial charge in [0.1, 0.15) is 34.6 Å². The number of hydrogen-bond donors (Lipinski definition) is 0. The third-order valence-electron chi connectivity index (χ3n) is 6.24. The van der Waals surface area contributed by atoms with Crippen molar-refractivity contribution in [3.05, 3.63) is 53.1 Å². The third-order valence-corrected chi connectivity index (χ3v) is 6.24. The zero-order valence-corrected chi connectivity index (χ0v) is 18.7. The summed E-state index contributed by atoms with van der Waals surface area (Å²) in [7, 11) is 0. The molecule has 11 heteroatoms. The number of hydrogen-bond acceptors (Lipinski definition) is 8. The van der Waals surface area contributed by atoms with Crippen molar-refractivity contribution in [1.82, 2.24) is 34.9 Å². The standard InChI is InChI=1S/C23H22F2N8O/c1-12-13(2)27-22-21(26-12)20(16-6-3-14(24)9-17(16)25)28-23(29-22)32-7-8-34-19(11-32)18-10-33(31-30-18)15-4-5-15/h3,6,9-10,15,19H,4-5,7-8,11H2,1-2H3/t19-/m1/s1. The van der Waals surface area contributed by atoms with Crippen LogP contribution in [0, 0.1) is 25.5 Å². The second kappa shape index (κ2) is 8.01. The Morgan fingerprint density at radius 2 is 1.85 bits per heavy atom. The van der Waals surface area contributed by atoms with Gasteiger partial charge in [-0.25, -0.2) is 28.4 Å². The van der Waals surface area contributed by atoms with Crippen molar-refractivity contribution in [2.45, 2.75) is 38.8 Å². The molecule has 4 heterocycles. The minimum absolute atomic E-state index is 0.143. The maximum absolute atomic E-state index is 14.8. The molecule has 0 amide bonds. The fourth-order valence-electron chi connectivity index (χ4n) is 4.08. The van der Waals surface area contributed by atoms with Crippen LogP contribution in [0.3, 0.4) is 0 Å². The summed E-state index contributed by atoms with van der Waals surface area (Å²) < 4.78 is 36.2. The first-order valence-electron chi connectivity index (χ1n) is 11.2. The highest BCUT2D eigenvalue weighted by molar-refractivity contribution is 5.88. The van der Waals surface area contributed by atoms with E-state index in [1.807, 2.05) is 29.6 Å². The fourth-order valence-corrected chi connectivity index (χ4v) is 4.08. The van der Waals surface area contributed by atoms with Gasteiger partial charge in [0.25, 0.3) is 0 Å². The SMILES string of the molecule is Cc1nc2nc(N3CCO[C@@H](c4cn(C5CC5)nn4)C3)nc(-c3ccc(F)cc3F)c2nc1C. The van der Waals surface area contributed by atoms with Crippen LogP contribution in [0.5, 0.6) is 0 Å². The van der Waals surface area contributed by atoms with E-state index in [0.717, 1.165) is 30.3 Å². The normalized spacial score (nSPS) is 18.6. The van der Waals surface area contributed by atoms with Crippen LogP contribution < -0.4 is 4.90 Å². The quantitative estimate of drug-likeness (QED) is 0.453. The van der Waals surface area contributed by atoms with Gasteiger partial charge in [0.15, 0.2) is 5.65 Å². The van der Waals surface area contributed by atoms with Gasteiger partial charge in [0, 0.05) is 18.2 Å². The van der Waals surface area contributed by atoms with Crippen molar-refractivity contribution in [3.63, 3.8) is 0 Å². The summed E-state index contributed by atoms with van der Waals surface area (Å²) in [6.07, 6.45) is 3.88. The molecule has 34 heavy (non-hydrogen) atoms. The monoisotopic (exact) mass is 464 g/mol. The van der Waals surface area contributed by atoms with E-state index in [-0.39, 0.29) is 17.4 Å². The molecule has 4 aromatic rings. The van der Waals surface area contributed by atoms with Gasteiger partial charge in [-0.15, -0.1) is 5.10 Å². The minimum Gasteiger partial charge on any atom is -0.368 e. The highest BCUT2D eigenvalue weighted by Crippen LogP contribution is 2.35. The van der Waals surface area contributed by atoms with E-state index in [0.29, 0.717) is 48.5 Å². The number of rotatable bonds is 4. The van der Waals surface area contributed by atoms with E-state index in [9.17, 15) is 8.78 Å². The van der Waals surface area contributed by atoms with Crippen LogP contribution in [-0.2, 0) is 4.74 Å². The van der Waals surface area contributed by atoms with Gasteiger partial charge in [-0.1, -0.05) is 5.21 Å². The predicted molar refractivity (Wildman–Crippen MR) is 119 cm³/mol. The van der Waals surface area contributed by atoms with Crippen molar-refractivity contribution < 1.29 is 13.5 Å². The molecule has 3 aromatic heterocycles. The molecule has 1 atom stereocenters. The lowest BCUT2D eigenvalue weighted by atomic mass is 10.1. The molecule has 1 saturated heterocycles. The van der Waals surface area contributed by atoms with Gasteiger partial charge < -0.3 is 9.64 Å². The van der Waals surface area contributed by atoms with Crippen molar-refractivity contribution in [2.24, 2.45) is 0 Å². The molecule has 174 valence electrons. The Labute approximate surface area is 193 Å². The zero-order valence-electron chi connectivity index (χ0n) is 18.7. The molecule has 9 nitrogen and oxygen atoms in total. The Hall–Kier alpha value is -3.60. The van der Waals surface area contributed by atoms with Gasteiger partial charge >= 0.3 is 0 Å². The average molecular weight is 464 g/mol. The lowest BCUT2D eigenvalue weighted by molar-refractivity contribution is 0.0364. The molecule has 1 aliphatic heterocycles. The number of aromatic nitrogens is 7. The number of halogens is 2. The Morgan fingerprint density at radius 1 is 1.03 bits per heavy atom. The van der Waals surface area contributed by atoms with Gasteiger partial charge in [-0.3, -0.25) is 0 Å². The summed E-state index contributed by atoms with van der Waals surface area (Å²) in [5.41, 5.74) is 3.31. The van der Waals surface area contributed by atoms with Crippen LogP contribution in [0.1, 0.15) is 42.1 Å². The predicted octanol–water partition coefficient (Wildman–Crippen LogP) is 3.49. The average Bonchev–Trinajstić information content (AvgIpc) is 3.56. The molecule has 0 bridgehead atoms. The van der Waals surface area contributed by atoms with Crippen LogP contribution in [0.4, 0.5) is 14.7 Å². The Kier molecular flexibility index (Phi) is 4.94. The van der Waals surface area contributed by atoms with Crippen molar-refractivity contribution in [2.75, 3.05) is 24.6 Å². The lowest BCUT2D eigenvalue weighted by Crippen LogP contribution is -2.39. The first kappa shape index (κ1) is 21.0.